The molecule has 0 atom stereocenters. The highest BCUT2D eigenvalue weighted by Crippen LogP contribution is 2.23. The molecule has 4 heteroatoms. The summed E-state index contributed by atoms with van der Waals surface area (Å²) in [6.07, 6.45) is 0. The van der Waals surface area contributed by atoms with Gasteiger partial charge in [0.15, 0.2) is 5.58 Å². The average molecular weight is 198 g/mol. The van der Waals surface area contributed by atoms with Crippen LogP contribution in [0.15, 0.2) is 22.6 Å². The molecule has 1 heterocycles. The molecule has 3 nitrogen and oxygen atoms in total. The highest BCUT2D eigenvalue weighted by molar-refractivity contribution is 6.28. The van der Waals surface area contributed by atoms with Crippen LogP contribution in [-0.2, 0) is 0 Å². The van der Waals surface area contributed by atoms with Crippen LogP contribution in [0.2, 0.25) is 5.35 Å². The largest absolute Gasteiger partial charge is 0.494 e. The first kappa shape index (κ1) is 8.38. The Morgan fingerprint density at radius 2 is 2.38 bits per heavy atom. The first-order valence-electron chi connectivity index (χ1n) is 3.98. The number of nitrogens with zero attached hydrogens (tertiary/aromatic N) is 1. The number of oxazole rings is 1. The number of rotatable bonds is 2. The van der Waals surface area contributed by atoms with Crippen molar-refractivity contribution < 1.29 is 9.15 Å². The Morgan fingerprint density at radius 3 is 3.15 bits per heavy atom. The maximum Gasteiger partial charge on any atom is 0.293 e. The van der Waals surface area contributed by atoms with E-state index in [1.807, 2.05) is 19.1 Å². The van der Waals surface area contributed by atoms with Crippen molar-refractivity contribution in [2.75, 3.05) is 6.61 Å². The molecule has 0 aliphatic rings. The van der Waals surface area contributed by atoms with Crippen LogP contribution in [0.3, 0.4) is 0 Å². The smallest absolute Gasteiger partial charge is 0.293 e. The molecule has 1 aromatic carbocycles. The maximum absolute atomic E-state index is 5.59. The molecule has 1 aromatic heterocycles. The van der Waals surface area contributed by atoms with Crippen LogP contribution in [-0.4, -0.2) is 11.6 Å². The molecule has 0 N–H and O–H groups in total. The van der Waals surface area contributed by atoms with Crippen molar-refractivity contribution in [3.05, 3.63) is 23.5 Å². The molecule has 0 radical (unpaired) electrons. The van der Waals surface area contributed by atoms with Gasteiger partial charge in [-0.3, -0.25) is 0 Å². The third kappa shape index (κ3) is 1.60. The van der Waals surface area contributed by atoms with E-state index in [0.717, 1.165) is 11.3 Å². The van der Waals surface area contributed by atoms with Gasteiger partial charge in [0.25, 0.3) is 5.35 Å². The second-order valence-electron chi connectivity index (χ2n) is 2.53. The zero-order valence-electron chi connectivity index (χ0n) is 7.08. The zero-order valence-corrected chi connectivity index (χ0v) is 7.84. The summed E-state index contributed by atoms with van der Waals surface area (Å²) in [7, 11) is 0. The number of aromatic nitrogens is 1. The predicted molar refractivity (Wildman–Crippen MR) is 50.2 cm³/mol. The summed E-state index contributed by atoms with van der Waals surface area (Å²) >= 11 is 5.59. The van der Waals surface area contributed by atoms with Crippen LogP contribution in [0.25, 0.3) is 11.1 Å². The number of hydrogen-bond donors (Lipinski definition) is 0. The molecule has 13 heavy (non-hydrogen) atoms. The normalized spacial score (nSPS) is 10.6. The van der Waals surface area contributed by atoms with Crippen molar-refractivity contribution in [1.82, 2.24) is 4.98 Å². The number of fused-ring (bicyclic) bond motifs is 1. The van der Waals surface area contributed by atoms with E-state index in [1.54, 1.807) is 6.07 Å². The minimum Gasteiger partial charge on any atom is -0.494 e. The van der Waals surface area contributed by atoms with Crippen LogP contribution in [0.5, 0.6) is 5.75 Å². The Labute approximate surface area is 80.3 Å². The highest BCUT2D eigenvalue weighted by Gasteiger charge is 2.03. The Hall–Kier alpha value is -1.22. The molecule has 2 aromatic rings. The first-order chi connectivity index (χ1) is 6.29. The van der Waals surface area contributed by atoms with Gasteiger partial charge in [0.1, 0.15) is 11.3 Å². The van der Waals surface area contributed by atoms with E-state index in [2.05, 4.69) is 4.98 Å². The van der Waals surface area contributed by atoms with Gasteiger partial charge >= 0.3 is 0 Å². The van der Waals surface area contributed by atoms with E-state index in [1.165, 1.54) is 0 Å². The van der Waals surface area contributed by atoms with Crippen molar-refractivity contribution in [2.24, 2.45) is 0 Å². The SMILES string of the molecule is CCOc1ccc2nc(Cl)oc2c1. The second-order valence-corrected chi connectivity index (χ2v) is 2.85. The van der Waals surface area contributed by atoms with E-state index in [4.69, 9.17) is 20.8 Å². The third-order valence-electron chi connectivity index (χ3n) is 1.64. The minimum absolute atomic E-state index is 0.156. The Bertz CT molecular complexity index is 424. The van der Waals surface area contributed by atoms with Crippen molar-refractivity contribution in [3.63, 3.8) is 0 Å². The summed E-state index contributed by atoms with van der Waals surface area (Å²) < 4.78 is 10.4. The minimum atomic E-state index is 0.156. The fourth-order valence-corrected chi connectivity index (χ4v) is 1.31. The van der Waals surface area contributed by atoms with Gasteiger partial charge in [-0.05, 0) is 30.7 Å². The zero-order chi connectivity index (χ0) is 9.26. The van der Waals surface area contributed by atoms with Crippen LogP contribution in [0, 0.1) is 0 Å². The number of hydrogen-bond acceptors (Lipinski definition) is 3. The van der Waals surface area contributed by atoms with Crippen LogP contribution in [0.4, 0.5) is 0 Å². The van der Waals surface area contributed by atoms with Gasteiger partial charge in [0.2, 0.25) is 0 Å². The molecule has 2 rings (SSSR count). The summed E-state index contributed by atoms with van der Waals surface area (Å²) in [4.78, 5) is 3.96. The Kier molecular flexibility index (Phi) is 2.10. The highest BCUT2D eigenvalue weighted by atomic mass is 35.5. The van der Waals surface area contributed by atoms with E-state index in [0.29, 0.717) is 12.2 Å². The van der Waals surface area contributed by atoms with Gasteiger partial charge in [-0.1, -0.05) is 0 Å². The van der Waals surface area contributed by atoms with Crippen LogP contribution < -0.4 is 4.74 Å². The van der Waals surface area contributed by atoms with Crippen LogP contribution >= 0.6 is 11.6 Å². The number of benzene rings is 1. The maximum atomic E-state index is 5.59. The predicted octanol–water partition coefficient (Wildman–Crippen LogP) is 2.88. The van der Waals surface area contributed by atoms with Crippen LogP contribution in [0.1, 0.15) is 6.92 Å². The molecular formula is C9H8ClNO2. The fraction of sp³-hybridized carbons (Fsp3) is 0.222. The molecule has 0 amide bonds. The van der Waals surface area contributed by atoms with Crippen molar-refractivity contribution in [1.29, 1.82) is 0 Å². The third-order valence-corrected chi connectivity index (χ3v) is 1.81. The van der Waals surface area contributed by atoms with E-state index >= 15 is 0 Å². The topological polar surface area (TPSA) is 35.3 Å². The van der Waals surface area contributed by atoms with Gasteiger partial charge in [-0.25, -0.2) is 0 Å². The lowest BCUT2D eigenvalue weighted by molar-refractivity contribution is 0.340. The number of halogens is 1. The first-order valence-corrected chi connectivity index (χ1v) is 4.36. The molecular weight excluding hydrogens is 190 g/mol. The molecule has 68 valence electrons. The molecule has 0 spiro atoms. The monoisotopic (exact) mass is 197 g/mol. The Morgan fingerprint density at radius 1 is 1.54 bits per heavy atom. The second kappa shape index (κ2) is 3.26. The van der Waals surface area contributed by atoms with Crippen molar-refractivity contribution >= 4 is 22.7 Å². The van der Waals surface area contributed by atoms with E-state index in [-0.39, 0.29) is 5.35 Å². The van der Waals surface area contributed by atoms with Gasteiger partial charge in [0, 0.05) is 6.07 Å². The fourth-order valence-electron chi connectivity index (χ4n) is 1.13. The van der Waals surface area contributed by atoms with Crippen molar-refractivity contribution in [2.45, 2.75) is 6.92 Å². The van der Waals surface area contributed by atoms with Gasteiger partial charge in [0.05, 0.1) is 6.61 Å². The molecule has 0 fully saturated rings. The van der Waals surface area contributed by atoms with E-state index < -0.39 is 0 Å². The van der Waals surface area contributed by atoms with Gasteiger partial charge < -0.3 is 9.15 Å². The molecule has 0 unspecified atom stereocenters. The summed E-state index contributed by atoms with van der Waals surface area (Å²) in [5.74, 6) is 0.766. The Balaban J connectivity index is 2.48. The molecule has 0 saturated carbocycles. The van der Waals surface area contributed by atoms with Crippen molar-refractivity contribution in [3.8, 4) is 5.75 Å². The lowest BCUT2D eigenvalue weighted by Gasteiger charge is -2.00. The molecule has 0 aliphatic heterocycles. The van der Waals surface area contributed by atoms with Gasteiger partial charge in [-0.2, -0.15) is 4.98 Å². The summed E-state index contributed by atoms with van der Waals surface area (Å²) in [5, 5.41) is 0.156. The lowest BCUT2D eigenvalue weighted by Crippen LogP contribution is -1.90. The quantitative estimate of drug-likeness (QED) is 0.743. The summed E-state index contributed by atoms with van der Waals surface area (Å²) in [6.45, 7) is 2.56. The molecule has 0 bridgehead atoms. The summed E-state index contributed by atoms with van der Waals surface area (Å²) in [6, 6.07) is 5.43. The van der Waals surface area contributed by atoms with Gasteiger partial charge in [-0.15, -0.1) is 0 Å². The standard InChI is InChI=1S/C9H8ClNO2/c1-2-12-6-3-4-7-8(5-6)13-9(10)11-7/h3-5H,2H2,1H3. The average Bonchev–Trinajstić information content (AvgIpc) is 2.44. The molecule has 0 saturated heterocycles. The molecule has 0 aliphatic carbocycles. The van der Waals surface area contributed by atoms with E-state index in [9.17, 15) is 0 Å². The summed E-state index contributed by atoms with van der Waals surface area (Å²) in [5.41, 5.74) is 1.39. The lowest BCUT2D eigenvalue weighted by atomic mass is 10.3. The number of ether oxygens (including phenoxy) is 1.